The Morgan fingerprint density at radius 1 is 1.19 bits per heavy atom. The van der Waals surface area contributed by atoms with E-state index < -0.39 is 10.0 Å². The minimum Gasteiger partial charge on any atom is -0.302 e. The molecule has 142 valence electrons. The first-order chi connectivity index (χ1) is 12.8. The second kappa shape index (κ2) is 7.97. The smallest absolute Gasteiger partial charge is 0.242 e. The number of anilines is 1. The lowest BCUT2D eigenvalue weighted by molar-refractivity contribution is -0.115. The van der Waals surface area contributed by atoms with E-state index in [4.69, 9.17) is 0 Å². The van der Waals surface area contributed by atoms with Gasteiger partial charge in [-0.2, -0.15) is 0 Å². The van der Waals surface area contributed by atoms with Gasteiger partial charge in [0.25, 0.3) is 0 Å². The van der Waals surface area contributed by atoms with Crippen LogP contribution in [0, 0.1) is 0 Å². The largest absolute Gasteiger partial charge is 0.302 e. The summed E-state index contributed by atoms with van der Waals surface area (Å²) in [6.07, 6.45) is 2.26. The van der Waals surface area contributed by atoms with Crippen LogP contribution in [-0.4, -0.2) is 44.0 Å². The minimum absolute atomic E-state index is 0.160. The van der Waals surface area contributed by atoms with Crippen LogP contribution in [0.3, 0.4) is 0 Å². The Kier molecular flexibility index (Phi) is 5.85. The molecule has 0 bridgehead atoms. The van der Waals surface area contributed by atoms with E-state index in [-0.39, 0.29) is 17.2 Å². The zero-order chi connectivity index (χ0) is 19.6. The molecule has 27 heavy (non-hydrogen) atoms. The van der Waals surface area contributed by atoms with Gasteiger partial charge in [-0.3, -0.25) is 4.79 Å². The molecule has 0 atom stereocenters. The van der Waals surface area contributed by atoms with Crippen LogP contribution in [0.15, 0.2) is 52.3 Å². The molecular formula is C18H19N3O3S3. The summed E-state index contributed by atoms with van der Waals surface area (Å²) in [5.74, 6) is -0.160. The number of rotatable bonds is 6. The van der Waals surface area contributed by atoms with Gasteiger partial charge in [0.15, 0.2) is 5.13 Å². The number of thiazole rings is 1. The number of carbonyl (C=O) groups is 1. The number of hydrogen-bond acceptors (Lipinski definition) is 6. The van der Waals surface area contributed by atoms with Crippen LogP contribution < -0.4 is 5.32 Å². The highest BCUT2D eigenvalue weighted by Gasteiger charge is 2.18. The van der Waals surface area contributed by atoms with Crippen molar-refractivity contribution >= 4 is 54.4 Å². The van der Waals surface area contributed by atoms with Gasteiger partial charge < -0.3 is 5.32 Å². The Balaban J connectivity index is 1.76. The number of sulfonamides is 1. The molecule has 3 rings (SSSR count). The van der Waals surface area contributed by atoms with Crippen LogP contribution >= 0.6 is 23.1 Å². The lowest BCUT2D eigenvalue weighted by Crippen LogP contribution is -2.22. The predicted molar refractivity (Wildman–Crippen MR) is 111 cm³/mol. The number of nitrogens with zero attached hydrogens (tertiary/aromatic N) is 2. The van der Waals surface area contributed by atoms with Gasteiger partial charge in [-0.05, 0) is 42.2 Å². The standard InChI is InChI=1S/C18H19N3O3S3/c1-21(2)27(23,24)14-8-9-15-16(11-14)26-18(19-15)20-17(22)10-12-4-6-13(25-3)7-5-12/h4-9,11H,10H2,1-3H3,(H,19,20,22). The van der Waals surface area contributed by atoms with Gasteiger partial charge in [0, 0.05) is 19.0 Å². The maximum Gasteiger partial charge on any atom is 0.242 e. The van der Waals surface area contributed by atoms with Crippen LogP contribution in [0.4, 0.5) is 5.13 Å². The van der Waals surface area contributed by atoms with Gasteiger partial charge in [-0.1, -0.05) is 23.5 Å². The van der Waals surface area contributed by atoms with Crippen LogP contribution in [-0.2, 0) is 21.2 Å². The van der Waals surface area contributed by atoms with Gasteiger partial charge in [0.2, 0.25) is 15.9 Å². The highest BCUT2D eigenvalue weighted by molar-refractivity contribution is 7.98. The summed E-state index contributed by atoms with van der Waals surface area (Å²) >= 11 is 2.91. The number of benzene rings is 2. The summed E-state index contributed by atoms with van der Waals surface area (Å²) in [5.41, 5.74) is 1.57. The van der Waals surface area contributed by atoms with E-state index in [0.717, 1.165) is 10.5 Å². The highest BCUT2D eigenvalue weighted by Crippen LogP contribution is 2.29. The molecule has 0 radical (unpaired) electrons. The lowest BCUT2D eigenvalue weighted by atomic mass is 10.1. The lowest BCUT2D eigenvalue weighted by Gasteiger charge is -2.10. The van der Waals surface area contributed by atoms with E-state index in [1.807, 2.05) is 30.5 Å². The monoisotopic (exact) mass is 421 g/mol. The second-order valence-corrected chi connectivity index (χ2v) is 10.1. The third-order valence-electron chi connectivity index (χ3n) is 3.91. The topological polar surface area (TPSA) is 79.4 Å². The number of fused-ring (bicyclic) bond motifs is 1. The van der Waals surface area contributed by atoms with Crippen molar-refractivity contribution in [3.8, 4) is 0 Å². The van der Waals surface area contributed by atoms with E-state index in [1.165, 1.54) is 35.8 Å². The third-order valence-corrected chi connectivity index (χ3v) is 7.40. The third kappa shape index (κ3) is 4.49. The molecule has 1 aromatic heterocycles. The Morgan fingerprint density at radius 3 is 2.52 bits per heavy atom. The van der Waals surface area contributed by atoms with Crippen LogP contribution in [0.2, 0.25) is 0 Å². The summed E-state index contributed by atoms with van der Waals surface area (Å²) in [5, 5.41) is 3.25. The van der Waals surface area contributed by atoms with E-state index in [0.29, 0.717) is 15.3 Å². The number of hydrogen-bond donors (Lipinski definition) is 1. The Bertz CT molecular complexity index is 1070. The maximum atomic E-state index is 12.3. The molecular weight excluding hydrogens is 402 g/mol. The van der Waals surface area contributed by atoms with E-state index >= 15 is 0 Å². The van der Waals surface area contributed by atoms with Gasteiger partial charge >= 0.3 is 0 Å². The fraction of sp³-hybridized carbons (Fsp3) is 0.222. The average Bonchev–Trinajstić information content (AvgIpc) is 3.03. The first kappa shape index (κ1) is 19.8. The fourth-order valence-electron chi connectivity index (χ4n) is 2.42. The molecule has 1 N–H and O–H groups in total. The van der Waals surface area contributed by atoms with E-state index in [2.05, 4.69) is 10.3 Å². The SMILES string of the molecule is CSc1ccc(CC(=O)Nc2nc3ccc(S(=O)(=O)N(C)C)cc3s2)cc1. The first-order valence-corrected chi connectivity index (χ1v) is 11.5. The Labute approximate surface area is 166 Å². The van der Waals surface area contributed by atoms with Crippen molar-refractivity contribution in [2.45, 2.75) is 16.2 Å². The highest BCUT2D eigenvalue weighted by atomic mass is 32.2. The van der Waals surface area contributed by atoms with Crippen molar-refractivity contribution in [1.82, 2.24) is 9.29 Å². The second-order valence-electron chi connectivity index (χ2n) is 6.01. The van der Waals surface area contributed by atoms with Crippen molar-refractivity contribution in [2.75, 3.05) is 25.7 Å². The molecule has 0 saturated carbocycles. The molecule has 0 aliphatic rings. The molecule has 2 aromatic carbocycles. The molecule has 3 aromatic rings. The molecule has 1 amide bonds. The number of aromatic nitrogens is 1. The summed E-state index contributed by atoms with van der Waals surface area (Å²) in [7, 11) is -0.526. The summed E-state index contributed by atoms with van der Waals surface area (Å²) in [6.45, 7) is 0. The first-order valence-electron chi connectivity index (χ1n) is 8.05. The van der Waals surface area contributed by atoms with Crippen LogP contribution in [0.1, 0.15) is 5.56 Å². The molecule has 6 nitrogen and oxygen atoms in total. The number of thioether (sulfide) groups is 1. The Morgan fingerprint density at radius 2 is 1.89 bits per heavy atom. The zero-order valence-electron chi connectivity index (χ0n) is 15.1. The van der Waals surface area contributed by atoms with E-state index in [9.17, 15) is 13.2 Å². The van der Waals surface area contributed by atoms with Crippen LogP contribution in [0.5, 0.6) is 0 Å². The average molecular weight is 422 g/mol. The molecule has 1 heterocycles. The summed E-state index contributed by atoms with van der Waals surface area (Å²) < 4.78 is 26.4. The minimum atomic E-state index is -3.51. The molecule has 0 fully saturated rings. The molecule has 0 spiro atoms. The van der Waals surface area contributed by atoms with Gasteiger partial charge in [0.05, 0.1) is 21.5 Å². The molecule has 0 unspecified atom stereocenters. The number of nitrogens with one attached hydrogen (secondary N) is 1. The molecule has 0 saturated heterocycles. The quantitative estimate of drug-likeness (QED) is 0.617. The van der Waals surface area contributed by atoms with Crippen molar-refractivity contribution < 1.29 is 13.2 Å². The molecule has 9 heteroatoms. The fourth-order valence-corrected chi connectivity index (χ4v) is 4.75. The maximum absolute atomic E-state index is 12.3. The van der Waals surface area contributed by atoms with Gasteiger partial charge in [0.1, 0.15) is 0 Å². The predicted octanol–water partition coefficient (Wildman–Crippen LogP) is 3.45. The molecule has 0 aliphatic heterocycles. The molecule has 0 aliphatic carbocycles. The van der Waals surface area contributed by atoms with Gasteiger partial charge in [-0.15, -0.1) is 11.8 Å². The van der Waals surface area contributed by atoms with Crippen molar-refractivity contribution in [3.05, 3.63) is 48.0 Å². The van der Waals surface area contributed by atoms with Crippen molar-refractivity contribution in [1.29, 1.82) is 0 Å². The summed E-state index contributed by atoms with van der Waals surface area (Å²) in [4.78, 5) is 18.0. The normalized spacial score (nSPS) is 11.9. The Hall–Kier alpha value is -1.94. The number of carbonyl (C=O) groups excluding carboxylic acids is 1. The van der Waals surface area contributed by atoms with Crippen molar-refractivity contribution in [3.63, 3.8) is 0 Å². The summed E-state index contributed by atoms with van der Waals surface area (Å²) in [6, 6.07) is 12.6. The van der Waals surface area contributed by atoms with Gasteiger partial charge in [-0.25, -0.2) is 17.7 Å². The van der Waals surface area contributed by atoms with E-state index in [1.54, 1.807) is 23.9 Å². The van der Waals surface area contributed by atoms with Crippen molar-refractivity contribution in [2.24, 2.45) is 0 Å². The van der Waals surface area contributed by atoms with Crippen LogP contribution in [0.25, 0.3) is 10.2 Å². The zero-order valence-corrected chi connectivity index (χ0v) is 17.5. The number of amides is 1.